The number of amides is 1. The molecule has 0 saturated heterocycles. The maximum atomic E-state index is 14.1. The van der Waals surface area contributed by atoms with Gasteiger partial charge in [-0.25, -0.2) is 9.37 Å². The van der Waals surface area contributed by atoms with Crippen molar-refractivity contribution in [3.63, 3.8) is 0 Å². The number of nitrogens with zero attached hydrogens (tertiary/aromatic N) is 2. The van der Waals surface area contributed by atoms with Crippen molar-refractivity contribution >= 4 is 5.91 Å². The first-order chi connectivity index (χ1) is 13.8. The molecule has 1 aliphatic heterocycles. The lowest BCUT2D eigenvalue weighted by Gasteiger charge is -2.15. The summed E-state index contributed by atoms with van der Waals surface area (Å²) >= 11 is 0. The zero-order valence-corrected chi connectivity index (χ0v) is 14.9. The van der Waals surface area contributed by atoms with Gasteiger partial charge in [-0.05, 0) is 35.4 Å². The molecule has 0 radical (unpaired) electrons. The summed E-state index contributed by atoms with van der Waals surface area (Å²) in [7, 11) is 0. The second-order valence-electron chi connectivity index (χ2n) is 6.54. The van der Waals surface area contributed by atoms with Gasteiger partial charge < -0.3 is 9.64 Å². The highest BCUT2D eigenvalue weighted by molar-refractivity contribution is 6.00. The Labute approximate surface area is 163 Å². The van der Waals surface area contributed by atoms with Crippen LogP contribution in [0.15, 0.2) is 60.8 Å². The van der Waals surface area contributed by atoms with Crippen molar-refractivity contribution in [2.75, 3.05) is 0 Å². The number of carbonyl (C=O) groups is 1. The second kappa shape index (κ2) is 7.20. The van der Waals surface area contributed by atoms with E-state index in [1.54, 1.807) is 11.0 Å². The smallest absolute Gasteiger partial charge is 0.416 e. The van der Waals surface area contributed by atoms with Crippen LogP contribution in [0.25, 0.3) is 0 Å². The maximum Gasteiger partial charge on any atom is 0.416 e. The largest absolute Gasteiger partial charge is 0.435 e. The minimum absolute atomic E-state index is 0.137. The van der Waals surface area contributed by atoms with Gasteiger partial charge in [-0.1, -0.05) is 30.3 Å². The Morgan fingerprint density at radius 2 is 1.83 bits per heavy atom. The maximum absolute atomic E-state index is 14.1. The first kappa shape index (κ1) is 18.9. The van der Waals surface area contributed by atoms with Crippen LogP contribution in [0, 0.1) is 5.82 Å². The van der Waals surface area contributed by atoms with E-state index in [1.165, 1.54) is 6.20 Å². The monoisotopic (exact) mass is 402 g/mol. The molecule has 2 heterocycles. The lowest BCUT2D eigenvalue weighted by atomic mass is 10.1. The van der Waals surface area contributed by atoms with Gasteiger partial charge in [0.15, 0.2) is 11.6 Å². The van der Waals surface area contributed by atoms with E-state index in [9.17, 15) is 22.4 Å². The molecule has 29 heavy (non-hydrogen) atoms. The summed E-state index contributed by atoms with van der Waals surface area (Å²) in [5.74, 6) is -2.10. The molecule has 3 aromatic rings. The van der Waals surface area contributed by atoms with Crippen LogP contribution in [0.5, 0.6) is 11.6 Å². The molecule has 4 rings (SSSR count). The zero-order valence-electron chi connectivity index (χ0n) is 14.9. The fourth-order valence-electron chi connectivity index (χ4n) is 3.15. The number of hydrogen-bond donors (Lipinski definition) is 0. The molecule has 0 bridgehead atoms. The first-order valence-electron chi connectivity index (χ1n) is 8.68. The normalized spacial score (nSPS) is 13.5. The standard InChI is InChI=1S/C21H14F4N2O2/c22-16-10-15(21(23,24)25)6-7-17(16)29-19-18-14(8-9-26-19)12-27(20(18)28)11-13-4-2-1-3-5-13/h1-10H,11-12H2. The van der Waals surface area contributed by atoms with Crippen LogP contribution in [-0.2, 0) is 19.3 Å². The molecule has 0 unspecified atom stereocenters. The van der Waals surface area contributed by atoms with E-state index in [2.05, 4.69) is 4.98 Å². The third-order valence-corrected chi connectivity index (χ3v) is 4.55. The van der Waals surface area contributed by atoms with Crippen LogP contribution in [0.1, 0.15) is 27.0 Å². The lowest BCUT2D eigenvalue weighted by Crippen LogP contribution is -2.23. The van der Waals surface area contributed by atoms with Crippen molar-refractivity contribution < 1.29 is 27.1 Å². The third kappa shape index (κ3) is 3.78. The molecule has 1 aromatic heterocycles. The van der Waals surface area contributed by atoms with E-state index in [4.69, 9.17) is 4.74 Å². The molecule has 8 heteroatoms. The first-order valence-corrected chi connectivity index (χ1v) is 8.68. The van der Waals surface area contributed by atoms with Crippen molar-refractivity contribution in [3.8, 4) is 11.6 Å². The van der Waals surface area contributed by atoms with Gasteiger partial charge in [0.25, 0.3) is 5.91 Å². The average Bonchev–Trinajstić information content (AvgIpc) is 3.00. The lowest BCUT2D eigenvalue weighted by molar-refractivity contribution is -0.137. The fraction of sp³-hybridized carbons (Fsp3) is 0.143. The van der Waals surface area contributed by atoms with Gasteiger partial charge in [0.2, 0.25) is 5.88 Å². The molecule has 2 aromatic carbocycles. The molecular formula is C21H14F4N2O2. The van der Waals surface area contributed by atoms with Gasteiger partial charge in [0.05, 0.1) is 5.56 Å². The van der Waals surface area contributed by atoms with Gasteiger partial charge >= 0.3 is 6.18 Å². The predicted octanol–water partition coefficient (Wildman–Crippen LogP) is 5.19. The number of carbonyl (C=O) groups excluding carboxylic acids is 1. The molecule has 0 saturated carbocycles. The van der Waals surface area contributed by atoms with Crippen molar-refractivity contribution in [3.05, 3.63) is 88.9 Å². The van der Waals surface area contributed by atoms with E-state index in [1.807, 2.05) is 30.3 Å². The summed E-state index contributed by atoms with van der Waals surface area (Å²) in [6.07, 6.45) is -3.25. The number of hydrogen-bond acceptors (Lipinski definition) is 3. The number of alkyl halides is 3. The minimum atomic E-state index is -4.67. The molecule has 0 N–H and O–H groups in total. The Bertz CT molecular complexity index is 1070. The van der Waals surface area contributed by atoms with Crippen molar-refractivity contribution in [1.82, 2.24) is 9.88 Å². The number of halogens is 4. The number of fused-ring (bicyclic) bond motifs is 1. The molecule has 0 atom stereocenters. The summed E-state index contributed by atoms with van der Waals surface area (Å²) in [5, 5.41) is 0. The topological polar surface area (TPSA) is 42.4 Å². The van der Waals surface area contributed by atoms with E-state index in [-0.39, 0.29) is 17.4 Å². The molecule has 0 aliphatic carbocycles. The molecule has 1 aliphatic rings. The van der Waals surface area contributed by atoms with Gasteiger partial charge in [-0.3, -0.25) is 4.79 Å². The van der Waals surface area contributed by atoms with Crippen LogP contribution in [0.2, 0.25) is 0 Å². The molecule has 0 spiro atoms. The van der Waals surface area contributed by atoms with Crippen LogP contribution < -0.4 is 4.74 Å². The molecule has 4 nitrogen and oxygen atoms in total. The van der Waals surface area contributed by atoms with Gasteiger partial charge in [0.1, 0.15) is 5.56 Å². The minimum Gasteiger partial charge on any atom is -0.435 e. The van der Waals surface area contributed by atoms with Crippen LogP contribution in [0.3, 0.4) is 0 Å². The Balaban J connectivity index is 1.60. The van der Waals surface area contributed by atoms with Crippen molar-refractivity contribution in [2.24, 2.45) is 0 Å². The van der Waals surface area contributed by atoms with Gasteiger partial charge in [-0.15, -0.1) is 0 Å². The Kier molecular flexibility index (Phi) is 4.70. The molecular weight excluding hydrogens is 388 g/mol. The van der Waals surface area contributed by atoms with Crippen molar-refractivity contribution in [2.45, 2.75) is 19.3 Å². The number of aromatic nitrogens is 1. The quantitative estimate of drug-likeness (QED) is 0.564. The van der Waals surface area contributed by atoms with Crippen LogP contribution >= 0.6 is 0 Å². The second-order valence-corrected chi connectivity index (χ2v) is 6.54. The Morgan fingerprint density at radius 1 is 1.07 bits per heavy atom. The Morgan fingerprint density at radius 3 is 2.52 bits per heavy atom. The van der Waals surface area contributed by atoms with E-state index in [0.717, 1.165) is 11.6 Å². The average molecular weight is 402 g/mol. The molecule has 1 amide bonds. The van der Waals surface area contributed by atoms with Gasteiger partial charge in [-0.2, -0.15) is 13.2 Å². The highest BCUT2D eigenvalue weighted by atomic mass is 19.4. The number of rotatable bonds is 4. The Hall–Kier alpha value is -3.42. The van der Waals surface area contributed by atoms with Crippen LogP contribution in [-0.4, -0.2) is 15.8 Å². The van der Waals surface area contributed by atoms with Crippen molar-refractivity contribution in [1.29, 1.82) is 0 Å². The van der Waals surface area contributed by atoms with E-state index < -0.39 is 23.3 Å². The molecule has 148 valence electrons. The van der Waals surface area contributed by atoms with E-state index >= 15 is 0 Å². The van der Waals surface area contributed by atoms with Crippen LogP contribution in [0.4, 0.5) is 17.6 Å². The summed E-state index contributed by atoms with van der Waals surface area (Å²) < 4.78 is 57.6. The number of benzene rings is 2. The number of pyridine rings is 1. The predicted molar refractivity (Wildman–Crippen MR) is 95.7 cm³/mol. The zero-order chi connectivity index (χ0) is 20.6. The highest BCUT2D eigenvalue weighted by Gasteiger charge is 2.33. The SMILES string of the molecule is O=C1c2c(ccnc2Oc2ccc(C(F)(F)F)cc2F)CN1Cc1ccccc1. The summed E-state index contributed by atoms with van der Waals surface area (Å²) in [6, 6.07) is 13.0. The summed E-state index contributed by atoms with van der Waals surface area (Å²) in [6.45, 7) is 0.708. The van der Waals surface area contributed by atoms with Gasteiger partial charge in [0, 0.05) is 19.3 Å². The highest BCUT2D eigenvalue weighted by Crippen LogP contribution is 2.36. The summed E-state index contributed by atoms with van der Waals surface area (Å²) in [4.78, 5) is 18.4. The summed E-state index contributed by atoms with van der Waals surface area (Å²) in [5.41, 5.74) is 0.655. The number of ether oxygens (including phenoxy) is 1. The third-order valence-electron chi connectivity index (χ3n) is 4.55. The fourth-order valence-corrected chi connectivity index (χ4v) is 3.15. The van der Waals surface area contributed by atoms with E-state index in [0.29, 0.717) is 30.8 Å². The molecule has 0 fully saturated rings.